The maximum atomic E-state index is 12.4. The maximum Gasteiger partial charge on any atom is 0.263 e. The molecule has 122 valence electrons. The molecule has 0 aliphatic carbocycles. The zero-order valence-corrected chi connectivity index (χ0v) is 14.1. The summed E-state index contributed by atoms with van der Waals surface area (Å²) in [5.41, 5.74) is 0. The van der Waals surface area contributed by atoms with Gasteiger partial charge >= 0.3 is 0 Å². The molecule has 1 fully saturated rings. The standard InChI is InChI=1S/C14H19ClN2O4S/c1-11(21-13-6-4-3-5-12(13)15)14(18)16-7-9-17(10-8-16)22(2,19)20/h3-6,11H,7-10H2,1-2H3. The summed E-state index contributed by atoms with van der Waals surface area (Å²) in [6.45, 7) is 3.01. The second-order valence-electron chi connectivity index (χ2n) is 5.18. The van der Waals surface area contributed by atoms with E-state index in [9.17, 15) is 13.2 Å². The van der Waals surface area contributed by atoms with Crippen LogP contribution in [0, 0.1) is 0 Å². The third-order valence-corrected chi connectivity index (χ3v) is 5.12. The van der Waals surface area contributed by atoms with Crippen LogP contribution in [0.1, 0.15) is 6.92 Å². The summed E-state index contributed by atoms with van der Waals surface area (Å²) in [6.07, 6.45) is 0.498. The van der Waals surface area contributed by atoms with Crippen LogP contribution in [-0.2, 0) is 14.8 Å². The Labute approximate surface area is 135 Å². The number of carbonyl (C=O) groups is 1. The van der Waals surface area contributed by atoms with Crippen molar-refractivity contribution < 1.29 is 17.9 Å². The molecule has 1 heterocycles. The number of piperazine rings is 1. The molecule has 2 rings (SSSR count). The van der Waals surface area contributed by atoms with E-state index in [-0.39, 0.29) is 5.91 Å². The summed E-state index contributed by atoms with van der Waals surface area (Å²) in [5.74, 6) is 0.285. The lowest BCUT2D eigenvalue weighted by Crippen LogP contribution is -2.53. The highest BCUT2D eigenvalue weighted by Gasteiger charge is 2.29. The zero-order valence-electron chi connectivity index (χ0n) is 12.5. The summed E-state index contributed by atoms with van der Waals surface area (Å²) in [6, 6.07) is 6.96. The minimum Gasteiger partial charge on any atom is -0.479 e. The van der Waals surface area contributed by atoms with E-state index in [0.717, 1.165) is 0 Å². The van der Waals surface area contributed by atoms with Crippen LogP contribution in [0.3, 0.4) is 0 Å². The average Bonchev–Trinajstić information content (AvgIpc) is 2.48. The van der Waals surface area contributed by atoms with Gasteiger partial charge in [-0.1, -0.05) is 23.7 Å². The quantitative estimate of drug-likeness (QED) is 0.822. The molecule has 1 aromatic rings. The van der Waals surface area contributed by atoms with E-state index >= 15 is 0 Å². The van der Waals surface area contributed by atoms with E-state index in [1.54, 1.807) is 36.1 Å². The van der Waals surface area contributed by atoms with E-state index < -0.39 is 16.1 Å². The molecule has 1 unspecified atom stereocenters. The minimum atomic E-state index is -3.20. The molecule has 6 nitrogen and oxygen atoms in total. The molecule has 0 aromatic heterocycles. The number of halogens is 1. The Balaban J connectivity index is 1.94. The Hall–Kier alpha value is -1.31. The fourth-order valence-corrected chi connectivity index (χ4v) is 3.29. The Morgan fingerprint density at radius 3 is 2.36 bits per heavy atom. The van der Waals surface area contributed by atoms with Gasteiger partial charge in [0, 0.05) is 26.2 Å². The number of sulfonamides is 1. The van der Waals surface area contributed by atoms with Gasteiger partial charge < -0.3 is 9.64 Å². The van der Waals surface area contributed by atoms with Gasteiger partial charge in [0.2, 0.25) is 10.0 Å². The molecule has 0 saturated carbocycles. The van der Waals surface area contributed by atoms with Gasteiger partial charge in [-0.25, -0.2) is 8.42 Å². The molecule has 1 aliphatic heterocycles. The fraction of sp³-hybridized carbons (Fsp3) is 0.500. The van der Waals surface area contributed by atoms with Crippen molar-refractivity contribution in [3.05, 3.63) is 29.3 Å². The molecule has 8 heteroatoms. The summed E-state index contributed by atoms with van der Waals surface area (Å²) in [5, 5.41) is 0.448. The van der Waals surface area contributed by atoms with Gasteiger partial charge in [-0.3, -0.25) is 4.79 Å². The van der Waals surface area contributed by atoms with Gasteiger partial charge in [0.05, 0.1) is 11.3 Å². The molecular weight excluding hydrogens is 328 g/mol. The summed E-state index contributed by atoms with van der Waals surface area (Å²) >= 11 is 6.00. The first-order valence-electron chi connectivity index (χ1n) is 6.94. The first kappa shape index (κ1) is 17.1. The molecule has 0 radical (unpaired) electrons. The van der Waals surface area contributed by atoms with Crippen molar-refractivity contribution in [2.75, 3.05) is 32.4 Å². The van der Waals surface area contributed by atoms with E-state index in [4.69, 9.17) is 16.3 Å². The van der Waals surface area contributed by atoms with Crippen LogP contribution in [0.15, 0.2) is 24.3 Å². The lowest BCUT2D eigenvalue weighted by Gasteiger charge is -2.34. The number of hydrogen-bond acceptors (Lipinski definition) is 4. The number of rotatable bonds is 4. The number of ether oxygens (including phenoxy) is 1. The second kappa shape index (κ2) is 6.85. The minimum absolute atomic E-state index is 0.173. The van der Waals surface area contributed by atoms with Crippen molar-refractivity contribution in [3.8, 4) is 5.75 Å². The van der Waals surface area contributed by atoms with Crippen LogP contribution in [0.4, 0.5) is 0 Å². The summed E-state index contributed by atoms with van der Waals surface area (Å²) < 4.78 is 29.9. The summed E-state index contributed by atoms with van der Waals surface area (Å²) in [7, 11) is -3.20. The third kappa shape index (κ3) is 4.12. The highest BCUT2D eigenvalue weighted by molar-refractivity contribution is 7.88. The molecule has 1 atom stereocenters. The monoisotopic (exact) mass is 346 g/mol. The van der Waals surface area contributed by atoms with Crippen LogP contribution in [0.25, 0.3) is 0 Å². The molecular formula is C14H19ClN2O4S. The van der Waals surface area contributed by atoms with Crippen molar-refractivity contribution >= 4 is 27.5 Å². The molecule has 22 heavy (non-hydrogen) atoms. The van der Waals surface area contributed by atoms with E-state index in [0.29, 0.717) is 37.0 Å². The highest BCUT2D eigenvalue weighted by atomic mass is 35.5. The Kier molecular flexibility index (Phi) is 5.31. The fourth-order valence-electron chi connectivity index (χ4n) is 2.28. The number of carbonyl (C=O) groups excluding carboxylic acids is 1. The van der Waals surface area contributed by atoms with E-state index in [2.05, 4.69) is 0 Å². The van der Waals surface area contributed by atoms with Gasteiger partial charge in [-0.2, -0.15) is 4.31 Å². The predicted octanol–water partition coefficient (Wildman–Crippen LogP) is 1.21. The van der Waals surface area contributed by atoms with Gasteiger partial charge in [-0.15, -0.1) is 0 Å². The number of para-hydroxylation sites is 1. The molecule has 0 bridgehead atoms. The second-order valence-corrected chi connectivity index (χ2v) is 7.57. The Morgan fingerprint density at radius 2 is 1.82 bits per heavy atom. The predicted molar refractivity (Wildman–Crippen MR) is 84.5 cm³/mol. The van der Waals surface area contributed by atoms with E-state index in [1.165, 1.54) is 10.6 Å². The summed E-state index contributed by atoms with van der Waals surface area (Å²) in [4.78, 5) is 14.0. The average molecular weight is 347 g/mol. The SMILES string of the molecule is CC(Oc1ccccc1Cl)C(=O)N1CCN(S(C)(=O)=O)CC1. The number of amides is 1. The van der Waals surface area contributed by atoms with Crippen molar-refractivity contribution in [1.82, 2.24) is 9.21 Å². The Morgan fingerprint density at radius 1 is 1.23 bits per heavy atom. The van der Waals surface area contributed by atoms with Gasteiger partial charge in [-0.05, 0) is 19.1 Å². The smallest absolute Gasteiger partial charge is 0.263 e. The molecule has 1 aliphatic rings. The molecule has 0 spiro atoms. The molecule has 0 N–H and O–H groups in total. The lowest BCUT2D eigenvalue weighted by atomic mass is 10.2. The maximum absolute atomic E-state index is 12.4. The normalized spacial score (nSPS) is 18.0. The van der Waals surface area contributed by atoms with Crippen LogP contribution in [-0.4, -0.2) is 62.1 Å². The van der Waals surface area contributed by atoms with Gasteiger partial charge in [0.25, 0.3) is 5.91 Å². The number of benzene rings is 1. The topological polar surface area (TPSA) is 66.9 Å². The third-order valence-electron chi connectivity index (χ3n) is 3.51. The Bertz CT molecular complexity index is 642. The largest absolute Gasteiger partial charge is 0.479 e. The van der Waals surface area contributed by atoms with Crippen molar-refractivity contribution in [2.24, 2.45) is 0 Å². The highest BCUT2D eigenvalue weighted by Crippen LogP contribution is 2.24. The van der Waals surface area contributed by atoms with Crippen molar-refractivity contribution in [2.45, 2.75) is 13.0 Å². The van der Waals surface area contributed by atoms with Crippen LogP contribution in [0.5, 0.6) is 5.75 Å². The lowest BCUT2D eigenvalue weighted by molar-refractivity contribution is -0.139. The number of hydrogen-bond donors (Lipinski definition) is 0. The van der Waals surface area contributed by atoms with Crippen LogP contribution < -0.4 is 4.74 Å². The van der Waals surface area contributed by atoms with Gasteiger partial charge in [0.1, 0.15) is 5.75 Å². The van der Waals surface area contributed by atoms with Crippen LogP contribution in [0.2, 0.25) is 5.02 Å². The zero-order chi connectivity index (χ0) is 16.3. The van der Waals surface area contributed by atoms with Crippen molar-refractivity contribution in [3.63, 3.8) is 0 Å². The van der Waals surface area contributed by atoms with E-state index in [1.807, 2.05) is 0 Å². The number of nitrogens with zero attached hydrogens (tertiary/aromatic N) is 2. The first-order valence-corrected chi connectivity index (χ1v) is 9.17. The first-order chi connectivity index (χ1) is 10.3. The molecule has 1 amide bonds. The molecule has 1 saturated heterocycles. The van der Waals surface area contributed by atoms with Crippen LogP contribution >= 0.6 is 11.6 Å². The van der Waals surface area contributed by atoms with Gasteiger partial charge in [0.15, 0.2) is 6.10 Å². The van der Waals surface area contributed by atoms with Crippen molar-refractivity contribution in [1.29, 1.82) is 0 Å². The molecule has 1 aromatic carbocycles.